The molecule has 0 radical (unpaired) electrons. The standard InChI is InChI=1S/C14H22N4O/c1-10(2)18-9-11(8-16-18)17-13(19)12-7-14(12)3-5-15-6-4-14/h8-10,12,15H,3-7H2,1-2H3,(H,17,19). The van der Waals surface area contributed by atoms with E-state index in [0.717, 1.165) is 38.0 Å². The van der Waals surface area contributed by atoms with Crippen molar-refractivity contribution in [3.63, 3.8) is 0 Å². The molecule has 104 valence electrons. The van der Waals surface area contributed by atoms with Gasteiger partial charge in [0.25, 0.3) is 0 Å². The molecule has 2 heterocycles. The highest BCUT2D eigenvalue weighted by molar-refractivity contribution is 5.94. The number of anilines is 1. The van der Waals surface area contributed by atoms with Crippen molar-refractivity contribution < 1.29 is 4.79 Å². The lowest BCUT2D eigenvalue weighted by Crippen LogP contribution is -2.31. The Balaban J connectivity index is 1.60. The second-order valence-corrected chi connectivity index (χ2v) is 6.16. The zero-order valence-electron chi connectivity index (χ0n) is 11.6. The molecule has 2 N–H and O–H groups in total. The van der Waals surface area contributed by atoms with Gasteiger partial charge < -0.3 is 10.6 Å². The van der Waals surface area contributed by atoms with Crippen LogP contribution in [0.15, 0.2) is 12.4 Å². The molecule has 0 bridgehead atoms. The Morgan fingerprint density at radius 2 is 2.26 bits per heavy atom. The smallest absolute Gasteiger partial charge is 0.228 e. The van der Waals surface area contributed by atoms with Gasteiger partial charge in [-0.05, 0) is 51.6 Å². The quantitative estimate of drug-likeness (QED) is 0.873. The molecule has 1 spiro atoms. The molecule has 0 aromatic carbocycles. The van der Waals surface area contributed by atoms with E-state index in [-0.39, 0.29) is 11.8 Å². The minimum Gasteiger partial charge on any atom is -0.323 e. The highest BCUT2D eigenvalue weighted by atomic mass is 16.2. The van der Waals surface area contributed by atoms with Crippen molar-refractivity contribution in [2.45, 2.75) is 39.2 Å². The fourth-order valence-electron chi connectivity index (χ4n) is 3.11. The molecule has 1 atom stereocenters. The van der Waals surface area contributed by atoms with Crippen LogP contribution in [0.3, 0.4) is 0 Å². The Hall–Kier alpha value is -1.36. The first kappa shape index (κ1) is 12.7. The van der Waals surface area contributed by atoms with E-state index in [1.165, 1.54) is 0 Å². The second-order valence-electron chi connectivity index (χ2n) is 6.16. The summed E-state index contributed by atoms with van der Waals surface area (Å²) in [6.45, 7) is 6.25. The predicted octanol–water partition coefficient (Wildman–Crippen LogP) is 1.79. The molecule has 1 saturated carbocycles. The number of carbonyl (C=O) groups is 1. The Kier molecular flexibility index (Phi) is 3.09. The van der Waals surface area contributed by atoms with Crippen LogP contribution in [0.2, 0.25) is 0 Å². The summed E-state index contributed by atoms with van der Waals surface area (Å²) in [5.74, 6) is 0.377. The maximum atomic E-state index is 12.3. The third-order valence-electron chi connectivity index (χ3n) is 4.50. The van der Waals surface area contributed by atoms with E-state index in [1.54, 1.807) is 6.20 Å². The van der Waals surface area contributed by atoms with Gasteiger partial charge in [0.05, 0.1) is 11.9 Å². The monoisotopic (exact) mass is 262 g/mol. The second kappa shape index (κ2) is 4.63. The van der Waals surface area contributed by atoms with Gasteiger partial charge in [0, 0.05) is 18.2 Å². The molecular formula is C14H22N4O. The van der Waals surface area contributed by atoms with E-state index in [4.69, 9.17) is 0 Å². The summed E-state index contributed by atoms with van der Waals surface area (Å²) in [4.78, 5) is 12.3. The van der Waals surface area contributed by atoms with Gasteiger partial charge >= 0.3 is 0 Å². The number of piperidine rings is 1. The number of hydrogen-bond acceptors (Lipinski definition) is 3. The first-order chi connectivity index (χ1) is 9.11. The SMILES string of the molecule is CC(C)n1cc(NC(=O)C2CC23CCNCC3)cn1. The number of nitrogens with one attached hydrogen (secondary N) is 2. The number of aromatic nitrogens is 2. The maximum absolute atomic E-state index is 12.3. The predicted molar refractivity (Wildman–Crippen MR) is 73.9 cm³/mol. The Labute approximate surface area is 113 Å². The highest BCUT2D eigenvalue weighted by Gasteiger charge is 2.57. The first-order valence-electron chi connectivity index (χ1n) is 7.16. The molecule has 1 saturated heterocycles. The van der Waals surface area contributed by atoms with Crippen molar-refractivity contribution in [3.8, 4) is 0 Å². The van der Waals surface area contributed by atoms with Crippen LogP contribution in [0.4, 0.5) is 5.69 Å². The van der Waals surface area contributed by atoms with Crippen LogP contribution in [0.1, 0.15) is 39.2 Å². The lowest BCUT2D eigenvalue weighted by molar-refractivity contribution is -0.118. The lowest BCUT2D eigenvalue weighted by Gasteiger charge is -2.23. The van der Waals surface area contributed by atoms with E-state index in [1.807, 2.05) is 10.9 Å². The summed E-state index contributed by atoms with van der Waals surface area (Å²) >= 11 is 0. The Morgan fingerprint density at radius 1 is 1.53 bits per heavy atom. The summed E-state index contributed by atoms with van der Waals surface area (Å²) in [6.07, 6.45) is 6.96. The number of nitrogens with zero attached hydrogens (tertiary/aromatic N) is 2. The average molecular weight is 262 g/mol. The van der Waals surface area contributed by atoms with Gasteiger partial charge in [0.15, 0.2) is 0 Å². The summed E-state index contributed by atoms with van der Waals surface area (Å²) < 4.78 is 1.86. The molecule has 5 heteroatoms. The first-order valence-corrected chi connectivity index (χ1v) is 7.16. The van der Waals surface area contributed by atoms with Crippen LogP contribution in [0, 0.1) is 11.3 Å². The summed E-state index contributed by atoms with van der Waals surface area (Å²) in [5, 5.41) is 10.6. The summed E-state index contributed by atoms with van der Waals surface area (Å²) in [6, 6.07) is 0.322. The van der Waals surface area contributed by atoms with E-state index in [0.29, 0.717) is 11.5 Å². The maximum Gasteiger partial charge on any atom is 0.228 e. The Bertz CT molecular complexity index is 474. The number of carbonyl (C=O) groups excluding carboxylic acids is 1. The molecule has 5 nitrogen and oxygen atoms in total. The molecule has 1 aliphatic heterocycles. The molecule has 1 aromatic rings. The van der Waals surface area contributed by atoms with E-state index in [2.05, 4.69) is 29.6 Å². The molecule has 2 aliphatic rings. The van der Waals surface area contributed by atoms with E-state index >= 15 is 0 Å². The van der Waals surface area contributed by atoms with Crippen molar-refractivity contribution >= 4 is 11.6 Å². The molecule has 1 aromatic heterocycles. The largest absolute Gasteiger partial charge is 0.323 e. The number of amides is 1. The van der Waals surface area contributed by atoms with Crippen LogP contribution < -0.4 is 10.6 Å². The summed E-state index contributed by atoms with van der Waals surface area (Å²) in [5.41, 5.74) is 1.11. The van der Waals surface area contributed by atoms with Crippen molar-refractivity contribution in [1.29, 1.82) is 0 Å². The normalized spacial score (nSPS) is 24.7. The number of hydrogen-bond donors (Lipinski definition) is 2. The third kappa shape index (κ3) is 2.39. The van der Waals surface area contributed by atoms with Crippen LogP contribution in [-0.4, -0.2) is 28.8 Å². The van der Waals surface area contributed by atoms with E-state index in [9.17, 15) is 4.79 Å². The molecule has 2 fully saturated rings. The lowest BCUT2D eigenvalue weighted by atomic mass is 9.92. The molecule has 1 amide bonds. The molecule has 1 unspecified atom stereocenters. The fraction of sp³-hybridized carbons (Fsp3) is 0.714. The molecule has 19 heavy (non-hydrogen) atoms. The van der Waals surface area contributed by atoms with Crippen LogP contribution in [0.25, 0.3) is 0 Å². The van der Waals surface area contributed by atoms with Crippen molar-refractivity contribution in [2.75, 3.05) is 18.4 Å². The highest BCUT2D eigenvalue weighted by Crippen LogP contribution is 2.58. The average Bonchev–Trinajstić information content (AvgIpc) is 2.86. The fourth-order valence-corrected chi connectivity index (χ4v) is 3.11. The molecule has 1 aliphatic carbocycles. The van der Waals surface area contributed by atoms with Gasteiger partial charge in [0.1, 0.15) is 0 Å². The van der Waals surface area contributed by atoms with Crippen molar-refractivity contribution in [1.82, 2.24) is 15.1 Å². The van der Waals surface area contributed by atoms with Crippen LogP contribution in [0.5, 0.6) is 0 Å². The zero-order valence-corrected chi connectivity index (χ0v) is 11.6. The zero-order chi connectivity index (χ0) is 13.5. The van der Waals surface area contributed by atoms with Crippen molar-refractivity contribution in [3.05, 3.63) is 12.4 Å². The minimum atomic E-state index is 0.171. The number of rotatable bonds is 3. The van der Waals surface area contributed by atoms with Gasteiger partial charge in [-0.2, -0.15) is 5.10 Å². The van der Waals surface area contributed by atoms with Crippen molar-refractivity contribution in [2.24, 2.45) is 11.3 Å². The van der Waals surface area contributed by atoms with Gasteiger partial charge in [-0.1, -0.05) is 0 Å². The van der Waals surface area contributed by atoms with Crippen LogP contribution >= 0.6 is 0 Å². The van der Waals surface area contributed by atoms with Crippen LogP contribution in [-0.2, 0) is 4.79 Å². The van der Waals surface area contributed by atoms with Gasteiger partial charge in [-0.15, -0.1) is 0 Å². The minimum absolute atomic E-state index is 0.171. The Morgan fingerprint density at radius 3 is 2.89 bits per heavy atom. The third-order valence-corrected chi connectivity index (χ3v) is 4.50. The van der Waals surface area contributed by atoms with E-state index < -0.39 is 0 Å². The molecule has 3 rings (SSSR count). The van der Waals surface area contributed by atoms with Gasteiger partial charge in [0.2, 0.25) is 5.91 Å². The summed E-state index contributed by atoms with van der Waals surface area (Å²) in [7, 11) is 0. The van der Waals surface area contributed by atoms with Gasteiger partial charge in [-0.25, -0.2) is 0 Å². The van der Waals surface area contributed by atoms with Gasteiger partial charge in [-0.3, -0.25) is 9.48 Å². The topological polar surface area (TPSA) is 59.0 Å². The molecular weight excluding hydrogens is 240 g/mol.